The van der Waals surface area contributed by atoms with Gasteiger partial charge in [-0.1, -0.05) is 6.92 Å². The largest absolute Gasteiger partial charge is 0.433 e. The number of aliphatic imine (C=N–C) groups is 1. The van der Waals surface area contributed by atoms with Crippen molar-refractivity contribution in [3.63, 3.8) is 0 Å². The first-order valence-corrected chi connectivity index (χ1v) is 10.4. The van der Waals surface area contributed by atoms with Crippen molar-refractivity contribution in [3.8, 4) is 0 Å². The average molecular weight is 572 g/mol. The normalized spacial score (nSPS) is 15.6. The van der Waals surface area contributed by atoms with Crippen molar-refractivity contribution in [2.75, 3.05) is 51.6 Å². The Balaban J connectivity index is 0.00000512. The highest BCUT2D eigenvalue weighted by atomic mass is 127. The molecular weight excluding hydrogens is 540 g/mol. The predicted octanol–water partition coefficient (Wildman–Crippen LogP) is 1.68. The van der Waals surface area contributed by atoms with Crippen LogP contribution in [-0.2, 0) is 11.0 Å². The molecule has 0 bridgehead atoms. The molecule has 32 heavy (non-hydrogen) atoms. The Morgan fingerprint density at radius 1 is 1.22 bits per heavy atom. The number of piperidine rings is 1. The zero-order valence-electron chi connectivity index (χ0n) is 18.3. The number of rotatable bonds is 9. The molecule has 0 unspecified atom stereocenters. The molecule has 1 fully saturated rings. The van der Waals surface area contributed by atoms with Gasteiger partial charge in [0.2, 0.25) is 11.9 Å². The number of likely N-dealkylation sites (tertiary alicyclic amines) is 1. The number of anilines is 1. The number of halogens is 4. The minimum Gasteiger partial charge on any atom is -0.355 e. The molecule has 13 heteroatoms. The van der Waals surface area contributed by atoms with Gasteiger partial charge in [0.15, 0.2) is 5.96 Å². The molecule has 0 atom stereocenters. The number of hydrogen-bond acceptors (Lipinski definition) is 6. The number of aromatic nitrogens is 2. The van der Waals surface area contributed by atoms with Crippen LogP contribution in [0.4, 0.5) is 19.1 Å². The highest BCUT2D eigenvalue weighted by Gasteiger charge is 2.32. The number of amides is 1. The minimum atomic E-state index is -4.50. The first kappa shape index (κ1) is 28.1. The molecule has 0 aromatic carbocycles. The van der Waals surface area contributed by atoms with E-state index in [1.807, 2.05) is 6.92 Å². The molecular formula is C19H32F3IN8O. The quantitative estimate of drug-likeness (QED) is 0.155. The van der Waals surface area contributed by atoms with Crippen LogP contribution < -0.4 is 21.3 Å². The van der Waals surface area contributed by atoms with Crippen molar-refractivity contribution in [1.82, 2.24) is 30.8 Å². The molecule has 0 radical (unpaired) electrons. The second kappa shape index (κ2) is 14.3. The lowest BCUT2D eigenvalue weighted by molar-refractivity contribution is -0.141. The topological polar surface area (TPSA) is 107 Å². The highest BCUT2D eigenvalue weighted by Crippen LogP contribution is 2.27. The lowest BCUT2D eigenvalue weighted by atomic mass is 10.1. The van der Waals surface area contributed by atoms with Crippen LogP contribution >= 0.6 is 24.0 Å². The predicted molar refractivity (Wildman–Crippen MR) is 128 cm³/mol. The maximum atomic E-state index is 12.7. The summed E-state index contributed by atoms with van der Waals surface area (Å²) in [6, 6.07) is 1.07. The van der Waals surface area contributed by atoms with Crippen molar-refractivity contribution in [2.24, 2.45) is 4.99 Å². The fourth-order valence-corrected chi connectivity index (χ4v) is 3.10. The van der Waals surface area contributed by atoms with Crippen LogP contribution in [-0.4, -0.2) is 79.1 Å². The molecule has 2 heterocycles. The van der Waals surface area contributed by atoms with E-state index in [9.17, 15) is 18.0 Å². The molecule has 1 saturated heterocycles. The van der Waals surface area contributed by atoms with Gasteiger partial charge in [0.25, 0.3) is 0 Å². The number of alkyl halides is 3. The maximum absolute atomic E-state index is 12.7. The van der Waals surface area contributed by atoms with Crippen LogP contribution in [0.1, 0.15) is 31.9 Å². The van der Waals surface area contributed by atoms with Gasteiger partial charge >= 0.3 is 6.18 Å². The zero-order valence-corrected chi connectivity index (χ0v) is 20.7. The Morgan fingerprint density at radius 3 is 2.56 bits per heavy atom. The second-order valence-corrected chi connectivity index (χ2v) is 7.23. The summed E-state index contributed by atoms with van der Waals surface area (Å²) in [4.78, 5) is 25.4. The molecule has 182 valence electrons. The standard InChI is InChI=1S/C19H31F3N8O.HI/c1-3-7-24-16(31)13-30-11-5-14(6-12-30)28-17(23-2)26-9-10-27-18-25-8-4-15(29-18)19(20,21)22;/h4,8,14H,3,5-7,9-13H2,1-2H3,(H,24,31)(H2,23,26,28)(H,25,27,29);1H. The smallest absolute Gasteiger partial charge is 0.355 e. The number of guanidine groups is 1. The molecule has 1 aliphatic rings. The third-order valence-electron chi connectivity index (χ3n) is 4.74. The van der Waals surface area contributed by atoms with Gasteiger partial charge in [-0.15, -0.1) is 24.0 Å². The van der Waals surface area contributed by atoms with Crippen LogP contribution in [0.15, 0.2) is 17.3 Å². The zero-order chi connectivity index (χ0) is 22.7. The van der Waals surface area contributed by atoms with E-state index >= 15 is 0 Å². The van der Waals surface area contributed by atoms with E-state index in [2.05, 4.69) is 41.1 Å². The molecule has 1 aromatic heterocycles. The summed E-state index contributed by atoms with van der Waals surface area (Å²) in [7, 11) is 1.66. The summed E-state index contributed by atoms with van der Waals surface area (Å²) in [5.41, 5.74) is -0.982. The molecule has 9 nitrogen and oxygen atoms in total. The third-order valence-corrected chi connectivity index (χ3v) is 4.74. The van der Waals surface area contributed by atoms with E-state index in [0.29, 0.717) is 32.1 Å². The molecule has 0 aliphatic carbocycles. The van der Waals surface area contributed by atoms with Crippen molar-refractivity contribution in [3.05, 3.63) is 18.0 Å². The average Bonchev–Trinajstić information content (AvgIpc) is 2.75. The molecule has 1 amide bonds. The van der Waals surface area contributed by atoms with Crippen molar-refractivity contribution >= 4 is 41.8 Å². The molecule has 1 aliphatic heterocycles. The van der Waals surface area contributed by atoms with Gasteiger partial charge in [-0.3, -0.25) is 14.7 Å². The fraction of sp³-hybridized carbons (Fsp3) is 0.684. The van der Waals surface area contributed by atoms with Gasteiger partial charge in [-0.2, -0.15) is 13.2 Å². The molecule has 2 rings (SSSR count). The first-order chi connectivity index (χ1) is 14.8. The van der Waals surface area contributed by atoms with Gasteiger partial charge in [0.05, 0.1) is 6.54 Å². The Labute approximate surface area is 203 Å². The summed E-state index contributed by atoms with van der Waals surface area (Å²) in [6.45, 7) is 5.54. The summed E-state index contributed by atoms with van der Waals surface area (Å²) in [5.74, 6) is 0.601. The van der Waals surface area contributed by atoms with Crippen LogP contribution in [0.2, 0.25) is 0 Å². The lowest BCUT2D eigenvalue weighted by Gasteiger charge is -2.32. The number of carbonyl (C=O) groups is 1. The van der Waals surface area contributed by atoms with Crippen LogP contribution in [0, 0.1) is 0 Å². The van der Waals surface area contributed by atoms with Crippen LogP contribution in [0.25, 0.3) is 0 Å². The van der Waals surface area contributed by atoms with Crippen molar-refractivity contribution in [1.29, 1.82) is 0 Å². The van der Waals surface area contributed by atoms with Crippen molar-refractivity contribution < 1.29 is 18.0 Å². The fourth-order valence-electron chi connectivity index (χ4n) is 3.10. The van der Waals surface area contributed by atoms with E-state index in [4.69, 9.17) is 0 Å². The Hall–Kier alpha value is -1.90. The van der Waals surface area contributed by atoms with E-state index in [1.165, 1.54) is 0 Å². The minimum absolute atomic E-state index is 0. The Morgan fingerprint density at radius 2 is 1.94 bits per heavy atom. The first-order valence-electron chi connectivity index (χ1n) is 10.4. The number of nitrogens with one attached hydrogen (secondary N) is 4. The van der Waals surface area contributed by atoms with Crippen LogP contribution in [0.5, 0.6) is 0 Å². The van der Waals surface area contributed by atoms with Gasteiger partial charge < -0.3 is 21.3 Å². The van der Waals surface area contributed by atoms with Gasteiger partial charge in [0, 0.05) is 52.0 Å². The Bertz CT molecular complexity index is 727. The number of carbonyl (C=O) groups excluding carboxylic acids is 1. The summed E-state index contributed by atoms with van der Waals surface area (Å²) >= 11 is 0. The van der Waals surface area contributed by atoms with E-state index in [1.54, 1.807) is 7.05 Å². The number of nitrogens with zero attached hydrogens (tertiary/aromatic N) is 4. The van der Waals surface area contributed by atoms with Gasteiger partial charge in [0.1, 0.15) is 5.69 Å². The van der Waals surface area contributed by atoms with E-state index in [0.717, 1.165) is 44.6 Å². The van der Waals surface area contributed by atoms with Gasteiger partial charge in [-0.25, -0.2) is 9.97 Å². The lowest BCUT2D eigenvalue weighted by Crippen LogP contribution is -2.50. The molecule has 1 aromatic rings. The maximum Gasteiger partial charge on any atom is 0.433 e. The van der Waals surface area contributed by atoms with E-state index < -0.39 is 11.9 Å². The molecule has 0 saturated carbocycles. The third kappa shape index (κ3) is 10.1. The van der Waals surface area contributed by atoms with Crippen LogP contribution in [0.3, 0.4) is 0 Å². The monoisotopic (exact) mass is 572 g/mol. The highest BCUT2D eigenvalue weighted by molar-refractivity contribution is 14.0. The number of hydrogen-bond donors (Lipinski definition) is 4. The summed E-state index contributed by atoms with van der Waals surface area (Å²) < 4.78 is 38.1. The SMILES string of the molecule is CCCNC(=O)CN1CCC(NC(=NC)NCCNc2nccc(C(F)(F)F)n2)CC1.I. The summed E-state index contributed by atoms with van der Waals surface area (Å²) in [5, 5.41) is 12.1. The molecule has 4 N–H and O–H groups in total. The van der Waals surface area contributed by atoms with Gasteiger partial charge in [-0.05, 0) is 25.3 Å². The summed E-state index contributed by atoms with van der Waals surface area (Å²) in [6.07, 6.45) is -0.729. The Kier molecular flexibility index (Phi) is 12.6. The molecule has 0 spiro atoms. The van der Waals surface area contributed by atoms with E-state index in [-0.39, 0.29) is 41.9 Å². The second-order valence-electron chi connectivity index (χ2n) is 7.23. The van der Waals surface area contributed by atoms with Crippen molar-refractivity contribution in [2.45, 2.75) is 38.4 Å².